The first kappa shape index (κ1) is 21.7. The lowest BCUT2D eigenvalue weighted by Crippen LogP contribution is -2.48. The van der Waals surface area contributed by atoms with Gasteiger partial charge in [0.1, 0.15) is 0 Å². The molecule has 1 heterocycles. The number of esters is 1. The number of amides is 3. The average Bonchev–Trinajstić information content (AvgIpc) is 2.97. The Hall–Kier alpha value is -3.03. The molecule has 0 aromatic heterocycles. The molecule has 1 aliphatic carbocycles. The Morgan fingerprint density at radius 3 is 2.57 bits per heavy atom. The SMILES string of the molecule is C[C@H](OC(=O)/C=C/c1ccc2c(c1)OCCCO2)C(=O)NC(=O)NC1CCCCC1. The van der Waals surface area contributed by atoms with E-state index in [9.17, 15) is 14.4 Å². The van der Waals surface area contributed by atoms with Crippen molar-refractivity contribution in [3.8, 4) is 11.5 Å². The molecule has 8 nitrogen and oxygen atoms in total. The Kier molecular flexibility index (Phi) is 7.70. The Morgan fingerprint density at radius 2 is 1.80 bits per heavy atom. The fraction of sp³-hybridized carbons (Fsp3) is 0.500. The van der Waals surface area contributed by atoms with Crippen molar-refractivity contribution in [1.82, 2.24) is 10.6 Å². The van der Waals surface area contributed by atoms with Gasteiger partial charge >= 0.3 is 12.0 Å². The third kappa shape index (κ3) is 6.50. The molecule has 3 rings (SSSR count). The number of fused-ring (bicyclic) bond motifs is 1. The first-order valence-electron chi connectivity index (χ1n) is 10.4. The van der Waals surface area contributed by atoms with Crippen LogP contribution in [0.4, 0.5) is 4.79 Å². The smallest absolute Gasteiger partial charge is 0.331 e. The summed E-state index contributed by atoms with van der Waals surface area (Å²) in [5, 5.41) is 5.01. The van der Waals surface area contributed by atoms with E-state index in [1.165, 1.54) is 19.4 Å². The van der Waals surface area contributed by atoms with Crippen LogP contribution in [0.1, 0.15) is 51.0 Å². The van der Waals surface area contributed by atoms with Gasteiger partial charge in [-0.1, -0.05) is 25.3 Å². The van der Waals surface area contributed by atoms with Crippen LogP contribution in [0.15, 0.2) is 24.3 Å². The number of hydrogen-bond donors (Lipinski definition) is 2. The van der Waals surface area contributed by atoms with Crippen LogP contribution in [0.3, 0.4) is 0 Å². The third-order valence-corrected chi connectivity index (χ3v) is 5.02. The lowest BCUT2D eigenvalue weighted by Gasteiger charge is -2.23. The van der Waals surface area contributed by atoms with Gasteiger partial charge in [0.25, 0.3) is 5.91 Å². The fourth-order valence-corrected chi connectivity index (χ4v) is 3.40. The van der Waals surface area contributed by atoms with E-state index >= 15 is 0 Å². The van der Waals surface area contributed by atoms with E-state index in [4.69, 9.17) is 14.2 Å². The van der Waals surface area contributed by atoms with Crippen LogP contribution in [0, 0.1) is 0 Å². The number of ether oxygens (including phenoxy) is 3. The third-order valence-electron chi connectivity index (χ3n) is 5.02. The Bertz CT molecular complexity index is 801. The van der Waals surface area contributed by atoms with Gasteiger partial charge in [-0.15, -0.1) is 0 Å². The maximum atomic E-state index is 12.1. The number of hydrogen-bond acceptors (Lipinski definition) is 6. The van der Waals surface area contributed by atoms with Crippen LogP contribution in [0.2, 0.25) is 0 Å². The molecule has 30 heavy (non-hydrogen) atoms. The van der Waals surface area contributed by atoms with E-state index in [1.54, 1.807) is 24.3 Å². The second-order valence-corrected chi connectivity index (χ2v) is 7.47. The highest BCUT2D eigenvalue weighted by atomic mass is 16.5. The molecule has 0 spiro atoms. The quantitative estimate of drug-likeness (QED) is 0.565. The molecule has 1 aliphatic heterocycles. The predicted molar refractivity (Wildman–Crippen MR) is 110 cm³/mol. The van der Waals surface area contributed by atoms with Gasteiger partial charge in [-0.05, 0) is 43.5 Å². The summed E-state index contributed by atoms with van der Waals surface area (Å²) in [6, 6.07) is 4.88. The van der Waals surface area contributed by atoms with Gasteiger partial charge in [-0.2, -0.15) is 0 Å². The number of imide groups is 1. The number of nitrogens with one attached hydrogen (secondary N) is 2. The first-order valence-corrected chi connectivity index (χ1v) is 10.4. The van der Waals surface area contributed by atoms with E-state index in [0.717, 1.165) is 37.7 Å². The lowest BCUT2D eigenvalue weighted by molar-refractivity contribution is -0.149. The summed E-state index contributed by atoms with van der Waals surface area (Å²) < 4.78 is 16.3. The molecule has 1 aromatic rings. The zero-order valence-corrected chi connectivity index (χ0v) is 17.1. The number of urea groups is 1. The summed E-state index contributed by atoms with van der Waals surface area (Å²) in [5.74, 6) is -0.0538. The maximum Gasteiger partial charge on any atom is 0.331 e. The van der Waals surface area contributed by atoms with Crippen molar-refractivity contribution in [3.05, 3.63) is 29.8 Å². The molecule has 0 bridgehead atoms. The van der Waals surface area contributed by atoms with Crippen LogP contribution in [-0.2, 0) is 14.3 Å². The van der Waals surface area contributed by atoms with Gasteiger partial charge < -0.3 is 19.5 Å². The first-order chi connectivity index (χ1) is 14.5. The minimum atomic E-state index is -1.09. The molecule has 8 heteroatoms. The molecule has 162 valence electrons. The van der Waals surface area contributed by atoms with Gasteiger partial charge in [0.05, 0.1) is 13.2 Å². The molecule has 0 saturated heterocycles. The summed E-state index contributed by atoms with van der Waals surface area (Å²) in [6.07, 6.45) is 7.65. The van der Waals surface area contributed by atoms with Crippen molar-refractivity contribution < 1.29 is 28.6 Å². The normalized spacial score (nSPS) is 17.6. The fourth-order valence-electron chi connectivity index (χ4n) is 3.40. The Labute approximate surface area is 175 Å². The molecule has 1 atom stereocenters. The van der Waals surface area contributed by atoms with Crippen LogP contribution in [0.5, 0.6) is 11.5 Å². The van der Waals surface area contributed by atoms with Gasteiger partial charge in [0.2, 0.25) is 0 Å². The van der Waals surface area contributed by atoms with Crippen molar-refractivity contribution in [3.63, 3.8) is 0 Å². The zero-order valence-electron chi connectivity index (χ0n) is 17.1. The molecule has 1 saturated carbocycles. The van der Waals surface area contributed by atoms with Crippen LogP contribution < -0.4 is 20.1 Å². The van der Waals surface area contributed by atoms with Crippen molar-refractivity contribution in [2.45, 2.75) is 57.6 Å². The molecule has 2 N–H and O–H groups in total. The second kappa shape index (κ2) is 10.7. The number of benzene rings is 1. The van der Waals surface area contributed by atoms with Crippen LogP contribution >= 0.6 is 0 Å². The monoisotopic (exact) mass is 416 g/mol. The predicted octanol–water partition coefficient (Wildman–Crippen LogP) is 2.95. The van der Waals surface area contributed by atoms with Crippen LogP contribution in [-0.4, -0.2) is 43.3 Å². The van der Waals surface area contributed by atoms with E-state index < -0.39 is 24.0 Å². The van der Waals surface area contributed by atoms with Crippen molar-refractivity contribution >= 4 is 24.0 Å². The van der Waals surface area contributed by atoms with E-state index in [2.05, 4.69) is 10.6 Å². The maximum absolute atomic E-state index is 12.1. The highest BCUT2D eigenvalue weighted by Gasteiger charge is 2.21. The largest absolute Gasteiger partial charge is 0.490 e. The minimum absolute atomic E-state index is 0.0858. The summed E-state index contributed by atoms with van der Waals surface area (Å²) in [7, 11) is 0. The molecule has 0 radical (unpaired) electrons. The number of rotatable bonds is 5. The minimum Gasteiger partial charge on any atom is -0.490 e. The molecular formula is C22H28N2O6. The van der Waals surface area contributed by atoms with Gasteiger partial charge in [0, 0.05) is 18.5 Å². The molecular weight excluding hydrogens is 388 g/mol. The molecule has 1 fully saturated rings. The van der Waals surface area contributed by atoms with Crippen LogP contribution in [0.25, 0.3) is 6.08 Å². The van der Waals surface area contributed by atoms with Gasteiger partial charge in [-0.25, -0.2) is 9.59 Å². The molecule has 2 aliphatic rings. The van der Waals surface area contributed by atoms with Crippen molar-refractivity contribution in [2.24, 2.45) is 0 Å². The van der Waals surface area contributed by atoms with Gasteiger partial charge in [-0.3, -0.25) is 10.1 Å². The Morgan fingerprint density at radius 1 is 1.07 bits per heavy atom. The zero-order chi connectivity index (χ0) is 21.3. The lowest BCUT2D eigenvalue weighted by atomic mass is 9.96. The van der Waals surface area contributed by atoms with Crippen molar-refractivity contribution in [2.75, 3.05) is 13.2 Å². The second-order valence-electron chi connectivity index (χ2n) is 7.47. The average molecular weight is 416 g/mol. The summed E-state index contributed by atoms with van der Waals surface area (Å²) in [4.78, 5) is 36.1. The summed E-state index contributed by atoms with van der Waals surface area (Å²) in [6.45, 7) is 2.60. The number of carbonyl (C=O) groups is 3. The summed E-state index contributed by atoms with van der Waals surface area (Å²) in [5.41, 5.74) is 0.736. The highest BCUT2D eigenvalue weighted by molar-refractivity contribution is 5.98. The van der Waals surface area contributed by atoms with E-state index in [1.807, 2.05) is 0 Å². The number of carbonyl (C=O) groups excluding carboxylic acids is 3. The van der Waals surface area contributed by atoms with Gasteiger partial charge in [0.15, 0.2) is 17.6 Å². The topological polar surface area (TPSA) is 103 Å². The molecule has 0 unspecified atom stereocenters. The molecule has 1 aromatic carbocycles. The molecule has 3 amide bonds. The highest BCUT2D eigenvalue weighted by Crippen LogP contribution is 2.30. The standard InChI is InChI=1S/C22H28N2O6/c1-15(21(26)24-22(27)23-17-6-3-2-4-7-17)30-20(25)11-9-16-8-10-18-19(14-16)29-13-5-12-28-18/h8-11,14-15,17H,2-7,12-13H2,1H3,(H2,23,24,26,27)/b11-9+/t15-/m0/s1. The Balaban J connectivity index is 1.45. The summed E-state index contributed by atoms with van der Waals surface area (Å²) >= 11 is 0. The van der Waals surface area contributed by atoms with Crippen molar-refractivity contribution in [1.29, 1.82) is 0 Å². The van der Waals surface area contributed by atoms with E-state index in [-0.39, 0.29) is 6.04 Å². The van der Waals surface area contributed by atoms with E-state index in [0.29, 0.717) is 24.7 Å².